The molecule has 1 saturated carbocycles. The van der Waals surface area contributed by atoms with Crippen molar-refractivity contribution in [2.75, 3.05) is 39.5 Å². The van der Waals surface area contributed by atoms with Crippen LogP contribution < -0.4 is 20.3 Å². The highest BCUT2D eigenvalue weighted by molar-refractivity contribution is 7.98. The molecule has 1 aromatic carbocycles. The first-order chi connectivity index (χ1) is 19.6. The van der Waals surface area contributed by atoms with Gasteiger partial charge in [0.1, 0.15) is 0 Å². The van der Waals surface area contributed by atoms with Crippen LogP contribution in [-0.4, -0.2) is 72.0 Å². The van der Waals surface area contributed by atoms with E-state index in [4.69, 9.17) is 21.1 Å². The van der Waals surface area contributed by atoms with E-state index in [-0.39, 0.29) is 23.9 Å². The van der Waals surface area contributed by atoms with Gasteiger partial charge in [-0.25, -0.2) is 0 Å². The Hall–Kier alpha value is -2.20. The summed E-state index contributed by atoms with van der Waals surface area (Å²) in [5, 5.41) is 3.27. The summed E-state index contributed by atoms with van der Waals surface area (Å²) in [5.74, 6) is 1.83. The molecule has 0 spiro atoms. The highest BCUT2D eigenvalue weighted by atomic mass is 35.5. The molecule has 10 heteroatoms. The van der Waals surface area contributed by atoms with Gasteiger partial charge in [0.15, 0.2) is 11.5 Å². The lowest BCUT2D eigenvalue weighted by atomic mass is 9.81. The Labute approximate surface area is 251 Å². The van der Waals surface area contributed by atoms with Crippen molar-refractivity contribution < 1.29 is 14.3 Å². The number of amides is 1. The van der Waals surface area contributed by atoms with E-state index < -0.39 is 5.79 Å². The average Bonchev–Trinajstić information content (AvgIpc) is 3.61. The number of rotatable bonds is 6. The number of likely N-dealkylation sites (tertiary alicyclic amines) is 2. The Morgan fingerprint density at radius 3 is 2.41 bits per heavy atom. The van der Waals surface area contributed by atoms with Crippen LogP contribution >= 0.6 is 23.4 Å². The van der Waals surface area contributed by atoms with Gasteiger partial charge < -0.3 is 24.7 Å². The second-order valence-electron chi connectivity index (χ2n) is 12.6. The van der Waals surface area contributed by atoms with Gasteiger partial charge in [0.05, 0.1) is 5.02 Å². The lowest BCUT2D eigenvalue weighted by Crippen LogP contribution is -2.47. The monoisotopic (exact) mass is 600 g/mol. The predicted molar refractivity (Wildman–Crippen MR) is 162 cm³/mol. The molecule has 6 rings (SSSR count). The topological polar surface area (TPSA) is 86.9 Å². The summed E-state index contributed by atoms with van der Waals surface area (Å²) in [6, 6.07) is 4.20. The van der Waals surface area contributed by atoms with Crippen molar-refractivity contribution in [2.24, 2.45) is 17.8 Å². The summed E-state index contributed by atoms with van der Waals surface area (Å²) < 4.78 is 13.0. The maximum Gasteiger partial charge on any atom is 0.254 e. The fraction of sp³-hybridized carbons (Fsp3) is 0.613. The third-order valence-corrected chi connectivity index (χ3v) is 10.9. The molecular weight excluding hydrogens is 560 g/mol. The zero-order valence-corrected chi connectivity index (χ0v) is 26.2. The van der Waals surface area contributed by atoms with Crippen LogP contribution in [0.1, 0.15) is 59.8 Å². The van der Waals surface area contributed by atoms with Gasteiger partial charge in [-0.15, -0.1) is 11.8 Å². The number of aromatic amines is 1. The van der Waals surface area contributed by atoms with Crippen LogP contribution in [0.2, 0.25) is 5.02 Å². The summed E-state index contributed by atoms with van der Waals surface area (Å²) in [4.78, 5) is 34.7. The number of pyridine rings is 1. The first-order valence-electron chi connectivity index (χ1n) is 14.7. The van der Waals surface area contributed by atoms with E-state index in [9.17, 15) is 9.59 Å². The fourth-order valence-corrected chi connectivity index (χ4v) is 8.51. The van der Waals surface area contributed by atoms with Gasteiger partial charge in [-0.3, -0.25) is 14.5 Å². The van der Waals surface area contributed by atoms with Gasteiger partial charge in [0.2, 0.25) is 0 Å². The van der Waals surface area contributed by atoms with E-state index in [0.29, 0.717) is 39.3 Å². The lowest BCUT2D eigenvalue weighted by Gasteiger charge is -2.40. The van der Waals surface area contributed by atoms with Crippen LogP contribution in [0.3, 0.4) is 0 Å². The summed E-state index contributed by atoms with van der Waals surface area (Å²) in [7, 11) is 2.24. The summed E-state index contributed by atoms with van der Waals surface area (Å²) in [6.45, 7) is 10.8. The van der Waals surface area contributed by atoms with Gasteiger partial charge in [0.25, 0.3) is 17.3 Å². The minimum absolute atomic E-state index is 0.117. The summed E-state index contributed by atoms with van der Waals surface area (Å²) in [6.07, 6.45) is 6.28. The maximum atomic E-state index is 13.3. The molecule has 41 heavy (non-hydrogen) atoms. The Balaban J connectivity index is 1.11. The van der Waals surface area contributed by atoms with Crippen LogP contribution in [0.5, 0.6) is 11.5 Å². The van der Waals surface area contributed by atoms with Gasteiger partial charge >= 0.3 is 0 Å². The molecule has 1 amide bonds. The number of thioether (sulfide) groups is 1. The molecule has 3 fully saturated rings. The average molecular weight is 601 g/mol. The van der Waals surface area contributed by atoms with Gasteiger partial charge in [-0.05, 0) is 76.8 Å². The quantitative estimate of drug-likeness (QED) is 0.459. The molecule has 2 unspecified atom stereocenters. The predicted octanol–water partition coefficient (Wildman–Crippen LogP) is 4.84. The van der Waals surface area contributed by atoms with Crippen molar-refractivity contribution >= 4 is 29.3 Å². The number of halogens is 1. The van der Waals surface area contributed by atoms with Crippen molar-refractivity contribution in [3.63, 3.8) is 0 Å². The number of aromatic nitrogens is 1. The number of H-pyrrole nitrogens is 1. The molecule has 8 nitrogen and oxygen atoms in total. The smallest absolute Gasteiger partial charge is 0.254 e. The molecule has 0 radical (unpaired) electrons. The van der Waals surface area contributed by atoms with Gasteiger partial charge in [-0.2, -0.15) is 0 Å². The van der Waals surface area contributed by atoms with Crippen LogP contribution in [0.4, 0.5) is 0 Å². The molecular formula is C31H41ClN4O4S. The molecule has 4 heterocycles. The van der Waals surface area contributed by atoms with Crippen LogP contribution in [-0.2, 0) is 6.54 Å². The van der Waals surface area contributed by atoms with E-state index >= 15 is 0 Å². The van der Waals surface area contributed by atoms with E-state index in [1.807, 2.05) is 33.1 Å². The molecule has 222 valence electrons. The van der Waals surface area contributed by atoms with Gasteiger partial charge in [-0.1, -0.05) is 11.6 Å². The number of hydrogen-bond donors (Lipinski definition) is 2. The Morgan fingerprint density at radius 2 is 1.76 bits per heavy atom. The van der Waals surface area contributed by atoms with Crippen LogP contribution in [0.25, 0.3) is 0 Å². The van der Waals surface area contributed by atoms with Gasteiger partial charge in [0, 0.05) is 78.9 Å². The minimum atomic E-state index is -0.816. The van der Waals surface area contributed by atoms with Crippen LogP contribution in [0.15, 0.2) is 21.8 Å². The standard InChI is InChI=1S/C31H41ClN4O4S/c1-17-10-26(41-5)24(30(38)34-17)12-33-29(37)23-11-25(32)28-27(18(23)2)39-31(3,40-28)21-6-8-22(9-7-21)36-15-19-13-35(4)14-20(19)16-36/h10-11,19-22H,6-9,12-16H2,1-5H3,(H,33,37)(H,34,38)/t19?,20?,21?,22?,31-/m1/s1. The largest absolute Gasteiger partial charge is 0.448 e. The minimum Gasteiger partial charge on any atom is -0.448 e. The van der Waals surface area contributed by atoms with Crippen molar-refractivity contribution in [3.05, 3.63) is 49.9 Å². The fourth-order valence-electron chi connectivity index (χ4n) is 7.58. The third-order valence-electron chi connectivity index (χ3n) is 9.82. The van der Waals surface area contributed by atoms with Crippen molar-refractivity contribution in [1.82, 2.24) is 20.1 Å². The highest BCUT2D eigenvalue weighted by Crippen LogP contribution is 2.52. The normalized spacial score (nSPS) is 29.6. The molecule has 2 saturated heterocycles. The summed E-state index contributed by atoms with van der Waals surface area (Å²) in [5.41, 5.74) is 2.24. The highest BCUT2D eigenvalue weighted by Gasteiger charge is 2.49. The number of nitrogens with one attached hydrogen (secondary N) is 2. The Bertz CT molecular complexity index is 1390. The first kappa shape index (κ1) is 28.9. The van der Waals surface area contributed by atoms with Crippen molar-refractivity contribution in [2.45, 2.75) is 69.7 Å². The number of carbonyl (C=O) groups is 1. The Kier molecular flexibility index (Phi) is 7.85. The second kappa shape index (κ2) is 11.1. The number of nitrogens with zero attached hydrogens (tertiary/aromatic N) is 2. The zero-order chi connectivity index (χ0) is 29.1. The molecule has 0 bridgehead atoms. The number of fused-ring (bicyclic) bond motifs is 2. The zero-order valence-electron chi connectivity index (χ0n) is 24.6. The number of benzene rings is 1. The van der Waals surface area contributed by atoms with Crippen LogP contribution in [0, 0.1) is 31.6 Å². The molecule has 1 aliphatic carbocycles. The van der Waals surface area contributed by atoms with E-state index in [2.05, 4.69) is 27.1 Å². The lowest BCUT2D eigenvalue weighted by molar-refractivity contribution is -0.124. The van der Waals surface area contributed by atoms with E-state index in [1.165, 1.54) is 37.9 Å². The van der Waals surface area contributed by atoms with E-state index in [0.717, 1.165) is 48.1 Å². The van der Waals surface area contributed by atoms with Crippen molar-refractivity contribution in [3.8, 4) is 11.5 Å². The number of ether oxygens (including phenoxy) is 2. The molecule has 1 aromatic heterocycles. The Morgan fingerprint density at radius 1 is 1.10 bits per heavy atom. The number of aryl methyl sites for hydroxylation is 1. The molecule has 3 atom stereocenters. The number of hydrogen-bond acceptors (Lipinski definition) is 7. The third kappa shape index (κ3) is 5.39. The van der Waals surface area contributed by atoms with Crippen molar-refractivity contribution in [1.29, 1.82) is 0 Å². The summed E-state index contributed by atoms with van der Waals surface area (Å²) >= 11 is 8.16. The SMILES string of the molecule is CSc1cc(C)[nH]c(=O)c1CNC(=O)c1cc(Cl)c2c(c1C)O[C@@](C)(C1CCC(N3CC4CN(C)CC4C3)CC1)O2. The first-order valence-corrected chi connectivity index (χ1v) is 16.3. The molecule has 2 aromatic rings. The molecule has 4 aliphatic rings. The second-order valence-corrected chi connectivity index (χ2v) is 13.9. The number of carbonyl (C=O) groups excluding carboxylic acids is 1. The maximum absolute atomic E-state index is 13.3. The molecule has 3 aliphatic heterocycles. The molecule has 2 N–H and O–H groups in total. The van der Waals surface area contributed by atoms with E-state index in [1.54, 1.807) is 6.07 Å².